The summed E-state index contributed by atoms with van der Waals surface area (Å²) in [5.41, 5.74) is 1.58. The summed E-state index contributed by atoms with van der Waals surface area (Å²) in [5, 5.41) is 4.09. The third-order valence-electron chi connectivity index (χ3n) is 3.69. The van der Waals surface area contributed by atoms with Crippen molar-refractivity contribution in [2.75, 3.05) is 0 Å². The predicted molar refractivity (Wildman–Crippen MR) is 86.6 cm³/mol. The Morgan fingerprint density at radius 1 is 0.905 bits per heavy atom. The van der Waals surface area contributed by atoms with Crippen LogP contribution in [-0.2, 0) is 4.79 Å². The summed E-state index contributed by atoms with van der Waals surface area (Å²) >= 11 is 0. The van der Waals surface area contributed by atoms with Crippen molar-refractivity contribution >= 4 is 27.5 Å². The lowest BCUT2D eigenvalue weighted by Gasteiger charge is -2.14. The van der Waals surface area contributed by atoms with Gasteiger partial charge < -0.3 is 4.74 Å². The zero-order chi connectivity index (χ0) is 15.0. The highest BCUT2D eigenvalue weighted by atomic mass is 16.5. The van der Waals surface area contributed by atoms with Gasteiger partial charge in [0.25, 0.3) is 0 Å². The molecule has 2 heteroatoms. The lowest BCUT2D eigenvalue weighted by molar-refractivity contribution is -0.129. The van der Waals surface area contributed by atoms with E-state index in [4.69, 9.17) is 4.74 Å². The topological polar surface area (TPSA) is 26.3 Å². The van der Waals surface area contributed by atoms with Crippen molar-refractivity contribution in [3.05, 3.63) is 66.2 Å². The van der Waals surface area contributed by atoms with Crippen LogP contribution in [0.2, 0.25) is 0 Å². The summed E-state index contributed by atoms with van der Waals surface area (Å²) in [6.07, 6.45) is 0. The first-order chi connectivity index (χ1) is 10.1. The van der Waals surface area contributed by atoms with Crippen molar-refractivity contribution in [3.8, 4) is 5.75 Å². The van der Waals surface area contributed by atoms with Crippen LogP contribution in [0.3, 0.4) is 0 Å². The molecule has 0 aliphatic carbocycles. The van der Waals surface area contributed by atoms with Crippen LogP contribution >= 0.6 is 0 Å². The number of aryl methyl sites for hydroxylation is 1. The van der Waals surface area contributed by atoms with Crippen LogP contribution in [-0.4, -0.2) is 5.97 Å². The Labute approximate surface area is 123 Å². The zero-order valence-corrected chi connectivity index (χ0v) is 12.1. The Morgan fingerprint density at radius 3 is 1.76 bits per heavy atom. The molecule has 0 saturated heterocycles. The maximum absolute atomic E-state index is 12.0. The molecule has 0 aromatic heterocycles. The van der Waals surface area contributed by atoms with Crippen molar-refractivity contribution in [1.82, 2.24) is 0 Å². The number of fused-ring (bicyclic) bond motifs is 2. The molecule has 3 aromatic rings. The first-order valence-electron chi connectivity index (χ1n) is 6.87. The highest BCUT2D eigenvalue weighted by Gasteiger charge is 2.15. The van der Waals surface area contributed by atoms with Crippen LogP contribution in [0.4, 0.5) is 0 Å². The second-order valence-electron chi connectivity index (χ2n) is 5.22. The summed E-state index contributed by atoms with van der Waals surface area (Å²) in [6, 6.07) is 16.0. The molecule has 0 unspecified atom stereocenters. The largest absolute Gasteiger partial charge is 0.422 e. The lowest BCUT2D eigenvalue weighted by atomic mass is 9.96. The maximum Gasteiger partial charge on any atom is 0.338 e. The Bertz CT molecular complexity index is 818. The molecular formula is C19H16O2. The summed E-state index contributed by atoms with van der Waals surface area (Å²) in [6.45, 7) is 7.40. The minimum Gasteiger partial charge on any atom is -0.422 e. The van der Waals surface area contributed by atoms with Crippen LogP contribution in [0.25, 0.3) is 21.5 Å². The van der Waals surface area contributed by atoms with Gasteiger partial charge in [-0.15, -0.1) is 0 Å². The fourth-order valence-corrected chi connectivity index (χ4v) is 2.60. The van der Waals surface area contributed by atoms with Gasteiger partial charge in [0, 0.05) is 16.3 Å². The molecular weight excluding hydrogens is 260 g/mol. The number of esters is 1. The average Bonchev–Trinajstić information content (AvgIpc) is 2.51. The van der Waals surface area contributed by atoms with Gasteiger partial charge in [-0.25, -0.2) is 4.79 Å². The minimum atomic E-state index is -0.394. The van der Waals surface area contributed by atoms with Crippen LogP contribution in [0.5, 0.6) is 5.75 Å². The van der Waals surface area contributed by atoms with Crippen molar-refractivity contribution in [3.63, 3.8) is 0 Å². The molecule has 0 N–H and O–H groups in total. The van der Waals surface area contributed by atoms with Crippen LogP contribution in [0.15, 0.2) is 60.7 Å². The molecule has 0 radical (unpaired) electrons. The number of hydrogen-bond acceptors (Lipinski definition) is 2. The van der Waals surface area contributed by atoms with E-state index in [0.29, 0.717) is 11.3 Å². The third-order valence-corrected chi connectivity index (χ3v) is 3.69. The van der Waals surface area contributed by atoms with Gasteiger partial charge >= 0.3 is 5.97 Å². The molecule has 3 aromatic carbocycles. The molecule has 2 nitrogen and oxygen atoms in total. The molecule has 0 aliphatic rings. The first kappa shape index (κ1) is 13.4. The summed E-state index contributed by atoms with van der Waals surface area (Å²) in [5.74, 6) is 0.217. The van der Waals surface area contributed by atoms with Gasteiger partial charge in [-0.1, -0.05) is 55.1 Å². The van der Waals surface area contributed by atoms with Crippen molar-refractivity contribution in [2.45, 2.75) is 13.8 Å². The molecule has 104 valence electrons. The number of carbonyl (C=O) groups excluding carboxylic acids is 1. The standard InChI is InChI=1S/C19H16O2/c1-12(2)19(20)21-18-16-10-6-4-8-14(16)13(3)15-9-5-7-11-17(15)18/h4-11H,1H2,2-3H3. The SMILES string of the molecule is C=C(C)C(=O)Oc1c2ccccc2c(C)c2ccccc12. The number of hydrogen-bond donors (Lipinski definition) is 0. The maximum atomic E-state index is 12.0. The molecule has 0 atom stereocenters. The van der Waals surface area contributed by atoms with Crippen LogP contribution < -0.4 is 4.74 Å². The average molecular weight is 276 g/mol. The Hall–Kier alpha value is -2.61. The van der Waals surface area contributed by atoms with Gasteiger partial charge in [-0.3, -0.25) is 0 Å². The summed E-state index contributed by atoms with van der Waals surface area (Å²) < 4.78 is 5.62. The quantitative estimate of drug-likeness (QED) is 0.291. The summed E-state index contributed by atoms with van der Waals surface area (Å²) in [4.78, 5) is 12.0. The van der Waals surface area contributed by atoms with Gasteiger partial charge in [0.2, 0.25) is 0 Å². The smallest absolute Gasteiger partial charge is 0.338 e. The Kier molecular flexibility index (Phi) is 3.22. The van der Waals surface area contributed by atoms with Crippen molar-refractivity contribution in [2.24, 2.45) is 0 Å². The van der Waals surface area contributed by atoms with E-state index in [0.717, 1.165) is 21.5 Å². The second kappa shape index (κ2) is 5.06. The zero-order valence-electron chi connectivity index (χ0n) is 12.1. The van der Waals surface area contributed by atoms with E-state index < -0.39 is 5.97 Å². The molecule has 0 bridgehead atoms. The van der Waals surface area contributed by atoms with E-state index in [-0.39, 0.29) is 0 Å². The van der Waals surface area contributed by atoms with E-state index >= 15 is 0 Å². The number of benzene rings is 3. The highest BCUT2D eigenvalue weighted by Crippen LogP contribution is 2.38. The third kappa shape index (κ3) is 2.19. The van der Waals surface area contributed by atoms with E-state index in [1.165, 1.54) is 5.56 Å². The van der Waals surface area contributed by atoms with Crippen LogP contribution in [0, 0.1) is 6.92 Å². The van der Waals surface area contributed by atoms with E-state index in [1.807, 2.05) is 36.4 Å². The molecule has 0 amide bonds. The van der Waals surface area contributed by atoms with E-state index in [1.54, 1.807) is 6.92 Å². The van der Waals surface area contributed by atoms with Crippen molar-refractivity contribution in [1.29, 1.82) is 0 Å². The van der Waals surface area contributed by atoms with E-state index in [2.05, 4.69) is 25.6 Å². The van der Waals surface area contributed by atoms with Gasteiger partial charge in [0.05, 0.1) is 0 Å². The fourth-order valence-electron chi connectivity index (χ4n) is 2.60. The fraction of sp³-hybridized carbons (Fsp3) is 0.105. The van der Waals surface area contributed by atoms with Crippen LogP contribution in [0.1, 0.15) is 12.5 Å². The highest BCUT2D eigenvalue weighted by molar-refractivity contribution is 6.09. The van der Waals surface area contributed by atoms with Gasteiger partial charge in [-0.2, -0.15) is 0 Å². The molecule has 0 heterocycles. The minimum absolute atomic E-state index is 0.392. The van der Waals surface area contributed by atoms with Gasteiger partial charge in [0.1, 0.15) is 5.75 Å². The Morgan fingerprint density at radius 2 is 1.33 bits per heavy atom. The number of rotatable bonds is 2. The second-order valence-corrected chi connectivity index (χ2v) is 5.22. The van der Waals surface area contributed by atoms with E-state index in [9.17, 15) is 4.79 Å². The Balaban J connectivity index is 2.40. The molecule has 21 heavy (non-hydrogen) atoms. The lowest BCUT2D eigenvalue weighted by Crippen LogP contribution is -2.09. The van der Waals surface area contributed by atoms with Gasteiger partial charge in [-0.05, 0) is 30.2 Å². The van der Waals surface area contributed by atoms with Crippen molar-refractivity contribution < 1.29 is 9.53 Å². The monoisotopic (exact) mass is 276 g/mol. The molecule has 3 rings (SSSR count). The summed E-state index contributed by atoms with van der Waals surface area (Å²) in [7, 11) is 0. The number of ether oxygens (including phenoxy) is 1. The van der Waals surface area contributed by atoms with Gasteiger partial charge in [0.15, 0.2) is 0 Å². The molecule has 0 spiro atoms. The molecule has 0 fully saturated rings. The normalized spacial score (nSPS) is 10.8. The molecule has 0 saturated carbocycles. The number of carbonyl (C=O) groups is 1. The molecule has 0 aliphatic heterocycles. The first-order valence-corrected chi connectivity index (χ1v) is 6.87. The predicted octanol–water partition coefficient (Wildman–Crippen LogP) is 4.78.